The molecule has 1 N–H and O–H groups in total. The monoisotopic (exact) mass is 333 g/mol. The highest BCUT2D eigenvalue weighted by Crippen LogP contribution is 2.21. The predicted octanol–water partition coefficient (Wildman–Crippen LogP) is 4.38. The lowest BCUT2D eigenvalue weighted by atomic mass is 10.1. The highest BCUT2D eigenvalue weighted by molar-refractivity contribution is 5.92. The number of rotatable bonds is 6. The SMILES string of the molecule is COc1ccc(OCC(=O)Nc2ccc(-c3ccccc3)cc2)cc1. The topological polar surface area (TPSA) is 47.6 Å². The van der Waals surface area contributed by atoms with Crippen molar-refractivity contribution in [1.82, 2.24) is 0 Å². The van der Waals surface area contributed by atoms with Crippen molar-refractivity contribution >= 4 is 11.6 Å². The molecule has 1 amide bonds. The van der Waals surface area contributed by atoms with Gasteiger partial charge in [-0.1, -0.05) is 42.5 Å². The number of hydrogen-bond acceptors (Lipinski definition) is 3. The molecule has 3 aromatic carbocycles. The van der Waals surface area contributed by atoms with Gasteiger partial charge in [0.05, 0.1) is 7.11 Å². The summed E-state index contributed by atoms with van der Waals surface area (Å²) in [5, 5.41) is 2.82. The number of methoxy groups -OCH3 is 1. The maximum Gasteiger partial charge on any atom is 0.262 e. The molecule has 0 saturated heterocycles. The normalized spacial score (nSPS) is 10.1. The van der Waals surface area contributed by atoms with Gasteiger partial charge in [-0.05, 0) is 47.5 Å². The fourth-order valence-corrected chi connectivity index (χ4v) is 2.39. The third-order valence-corrected chi connectivity index (χ3v) is 3.71. The van der Waals surface area contributed by atoms with Gasteiger partial charge in [-0.3, -0.25) is 4.79 Å². The van der Waals surface area contributed by atoms with Gasteiger partial charge in [-0.2, -0.15) is 0 Å². The standard InChI is InChI=1S/C21H19NO3/c1-24-19-11-13-20(14-12-19)25-15-21(23)22-18-9-7-17(8-10-18)16-5-3-2-4-6-16/h2-14H,15H2,1H3,(H,22,23). The Morgan fingerprint density at radius 3 is 2.04 bits per heavy atom. The molecule has 0 saturated carbocycles. The van der Waals surface area contributed by atoms with Crippen molar-refractivity contribution < 1.29 is 14.3 Å². The van der Waals surface area contributed by atoms with Crippen LogP contribution in [0.2, 0.25) is 0 Å². The summed E-state index contributed by atoms with van der Waals surface area (Å²) in [4.78, 5) is 12.0. The Balaban J connectivity index is 1.54. The first kappa shape index (κ1) is 16.6. The minimum absolute atomic E-state index is 0.0488. The van der Waals surface area contributed by atoms with Gasteiger partial charge < -0.3 is 14.8 Å². The Morgan fingerprint density at radius 1 is 0.800 bits per heavy atom. The molecular formula is C21H19NO3. The Hall–Kier alpha value is -3.27. The molecule has 0 bridgehead atoms. The van der Waals surface area contributed by atoms with E-state index in [0.717, 1.165) is 22.6 Å². The van der Waals surface area contributed by atoms with Crippen LogP contribution in [0.1, 0.15) is 0 Å². The fourth-order valence-electron chi connectivity index (χ4n) is 2.39. The molecule has 0 heterocycles. The molecule has 0 aliphatic rings. The van der Waals surface area contributed by atoms with E-state index in [1.54, 1.807) is 31.4 Å². The molecular weight excluding hydrogens is 314 g/mol. The van der Waals surface area contributed by atoms with Crippen molar-refractivity contribution in [1.29, 1.82) is 0 Å². The maximum atomic E-state index is 12.0. The first-order valence-corrected chi connectivity index (χ1v) is 7.97. The van der Waals surface area contributed by atoms with Gasteiger partial charge in [0.2, 0.25) is 0 Å². The van der Waals surface area contributed by atoms with Crippen LogP contribution in [0.15, 0.2) is 78.9 Å². The van der Waals surface area contributed by atoms with Gasteiger partial charge in [-0.15, -0.1) is 0 Å². The van der Waals surface area contributed by atoms with Crippen LogP contribution in [-0.4, -0.2) is 19.6 Å². The van der Waals surface area contributed by atoms with Crippen LogP contribution in [0.3, 0.4) is 0 Å². The molecule has 25 heavy (non-hydrogen) atoms. The second-order valence-electron chi connectivity index (χ2n) is 5.46. The van der Waals surface area contributed by atoms with Crippen molar-refractivity contribution in [2.24, 2.45) is 0 Å². The van der Waals surface area contributed by atoms with Crippen LogP contribution in [0.4, 0.5) is 5.69 Å². The van der Waals surface area contributed by atoms with E-state index in [9.17, 15) is 4.79 Å². The van der Waals surface area contributed by atoms with Crippen LogP contribution in [0.25, 0.3) is 11.1 Å². The predicted molar refractivity (Wildman–Crippen MR) is 99.0 cm³/mol. The molecule has 0 aromatic heterocycles. The number of carbonyl (C=O) groups excluding carboxylic acids is 1. The van der Waals surface area contributed by atoms with Crippen LogP contribution >= 0.6 is 0 Å². The highest BCUT2D eigenvalue weighted by atomic mass is 16.5. The number of anilines is 1. The van der Waals surface area contributed by atoms with E-state index < -0.39 is 0 Å². The summed E-state index contributed by atoms with van der Waals surface area (Å²) in [6, 6.07) is 24.9. The van der Waals surface area contributed by atoms with E-state index in [1.165, 1.54) is 0 Å². The van der Waals surface area contributed by atoms with Gasteiger partial charge in [-0.25, -0.2) is 0 Å². The smallest absolute Gasteiger partial charge is 0.262 e. The van der Waals surface area contributed by atoms with Crippen LogP contribution in [-0.2, 0) is 4.79 Å². The summed E-state index contributed by atoms with van der Waals surface area (Å²) in [7, 11) is 1.60. The fraction of sp³-hybridized carbons (Fsp3) is 0.0952. The van der Waals surface area contributed by atoms with Crippen molar-refractivity contribution in [2.75, 3.05) is 19.0 Å². The van der Waals surface area contributed by atoms with Crippen molar-refractivity contribution in [3.8, 4) is 22.6 Å². The molecule has 0 aliphatic heterocycles. The van der Waals surface area contributed by atoms with E-state index in [-0.39, 0.29) is 12.5 Å². The van der Waals surface area contributed by atoms with E-state index >= 15 is 0 Å². The molecule has 0 radical (unpaired) electrons. The molecule has 0 aliphatic carbocycles. The zero-order chi connectivity index (χ0) is 17.5. The lowest BCUT2D eigenvalue weighted by Gasteiger charge is -2.09. The average Bonchev–Trinajstić information content (AvgIpc) is 2.68. The number of amides is 1. The minimum atomic E-state index is -0.205. The van der Waals surface area contributed by atoms with E-state index in [2.05, 4.69) is 17.4 Å². The summed E-state index contributed by atoms with van der Waals surface area (Å²) in [6.45, 7) is -0.0488. The summed E-state index contributed by atoms with van der Waals surface area (Å²) < 4.78 is 10.5. The van der Waals surface area contributed by atoms with Crippen molar-refractivity contribution in [3.63, 3.8) is 0 Å². The number of ether oxygens (including phenoxy) is 2. The molecule has 3 aromatic rings. The highest BCUT2D eigenvalue weighted by Gasteiger charge is 2.05. The summed E-state index contributed by atoms with van der Waals surface area (Å²) in [5.41, 5.74) is 2.99. The zero-order valence-corrected chi connectivity index (χ0v) is 13.9. The average molecular weight is 333 g/mol. The number of benzene rings is 3. The summed E-state index contributed by atoms with van der Waals surface area (Å²) in [5.74, 6) is 1.16. The van der Waals surface area contributed by atoms with Gasteiger partial charge in [0.1, 0.15) is 11.5 Å². The van der Waals surface area contributed by atoms with Crippen LogP contribution in [0.5, 0.6) is 11.5 Å². The minimum Gasteiger partial charge on any atom is -0.497 e. The molecule has 0 unspecified atom stereocenters. The van der Waals surface area contributed by atoms with Gasteiger partial charge >= 0.3 is 0 Å². The summed E-state index contributed by atoms with van der Waals surface area (Å²) >= 11 is 0. The zero-order valence-electron chi connectivity index (χ0n) is 13.9. The van der Waals surface area contributed by atoms with E-state index in [0.29, 0.717) is 5.75 Å². The largest absolute Gasteiger partial charge is 0.497 e. The molecule has 0 fully saturated rings. The molecule has 4 heteroatoms. The Kier molecular flexibility index (Phi) is 5.32. The van der Waals surface area contributed by atoms with Crippen LogP contribution < -0.4 is 14.8 Å². The molecule has 126 valence electrons. The second kappa shape index (κ2) is 8.02. The second-order valence-corrected chi connectivity index (χ2v) is 5.46. The number of nitrogens with one attached hydrogen (secondary N) is 1. The summed E-state index contributed by atoms with van der Waals surface area (Å²) in [6.07, 6.45) is 0. The number of carbonyl (C=O) groups is 1. The molecule has 3 rings (SSSR count). The Morgan fingerprint density at radius 2 is 1.40 bits per heavy atom. The Labute approximate surface area is 147 Å². The van der Waals surface area contributed by atoms with Gasteiger partial charge in [0.15, 0.2) is 6.61 Å². The van der Waals surface area contributed by atoms with Gasteiger partial charge in [0.25, 0.3) is 5.91 Å². The molecule has 0 spiro atoms. The lowest BCUT2D eigenvalue weighted by Crippen LogP contribution is -2.20. The Bertz CT molecular complexity index is 812. The molecule has 4 nitrogen and oxygen atoms in total. The van der Waals surface area contributed by atoms with Crippen molar-refractivity contribution in [3.05, 3.63) is 78.9 Å². The van der Waals surface area contributed by atoms with Crippen LogP contribution in [0, 0.1) is 0 Å². The van der Waals surface area contributed by atoms with Crippen molar-refractivity contribution in [2.45, 2.75) is 0 Å². The molecule has 0 atom stereocenters. The third kappa shape index (κ3) is 4.61. The lowest BCUT2D eigenvalue weighted by molar-refractivity contribution is -0.118. The maximum absolute atomic E-state index is 12.0. The first-order valence-electron chi connectivity index (χ1n) is 7.97. The van der Waals surface area contributed by atoms with E-state index in [1.807, 2.05) is 42.5 Å². The number of hydrogen-bond donors (Lipinski definition) is 1. The third-order valence-electron chi connectivity index (χ3n) is 3.71. The van der Waals surface area contributed by atoms with Gasteiger partial charge in [0, 0.05) is 5.69 Å². The first-order chi connectivity index (χ1) is 12.2. The van der Waals surface area contributed by atoms with E-state index in [4.69, 9.17) is 9.47 Å². The quantitative estimate of drug-likeness (QED) is 0.728.